The molecular weight excluding hydrogens is 216 g/mol. The van der Waals surface area contributed by atoms with Crippen LogP contribution in [0.2, 0.25) is 0 Å². The second-order valence-corrected chi connectivity index (χ2v) is 5.61. The summed E-state index contributed by atoms with van der Waals surface area (Å²) in [6, 6.07) is 0. The highest BCUT2D eigenvalue weighted by Gasteiger charge is 2.22. The zero-order chi connectivity index (χ0) is 13.4. The maximum atomic E-state index is 5.90. The summed E-state index contributed by atoms with van der Waals surface area (Å²) in [6.45, 7) is 11.3. The summed E-state index contributed by atoms with van der Waals surface area (Å²) in [5.74, 6) is 0. The number of nitrogens with one attached hydrogen (secondary N) is 1. The van der Waals surface area contributed by atoms with E-state index in [1.165, 1.54) is 0 Å². The molecule has 0 radical (unpaired) electrons. The van der Waals surface area contributed by atoms with E-state index in [-0.39, 0.29) is 11.2 Å². The van der Waals surface area contributed by atoms with Gasteiger partial charge in [-0.1, -0.05) is 0 Å². The van der Waals surface area contributed by atoms with Gasteiger partial charge in [-0.25, -0.2) is 0 Å². The van der Waals surface area contributed by atoms with Crippen molar-refractivity contribution < 1.29 is 9.47 Å². The van der Waals surface area contributed by atoms with Crippen LogP contribution in [-0.4, -0.2) is 44.6 Å². The Bertz CT molecular complexity index is 174. The fraction of sp³-hybridized carbons (Fsp3) is 1.00. The first-order chi connectivity index (χ1) is 7.83. The summed E-state index contributed by atoms with van der Waals surface area (Å²) in [5, 5.41) is 3.14. The molecule has 0 aliphatic heterocycles. The molecule has 0 aromatic carbocycles. The van der Waals surface area contributed by atoms with Gasteiger partial charge in [0, 0.05) is 6.54 Å². The fourth-order valence-electron chi connectivity index (χ4n) is 1.48. The molecule has 4 heteroatoms. The van der Waals surface area contributed by atoms with Crippen molar-refractivity contribution in [2.75, 3.05) is 33.4 Å². The highest BCUT2D eigenvalue weighted by Crippen LogP contribution is 2.18. The van der Waals surface area contributed by atoms with E-state index in [1.807, 2.05) is 7.05 Å². The molecule has 0 aromatic heterocycles. The van der Waals surface area contributed by atoms with Gasteiger partial charge in [-0.05, 0) is 54.1 Å². The lowest BCUT2D eigenvalue weighted by molar-refractivity contribution is -0.0721. The molecule has 0 heterocycles. The topological polar surface area (TPSA) is 56.5 Å². The van der Waals surface area contributed by atoms with E-state index in [2.05, 4.69) is 33.0 Å². The molecule has 0 rings (SSSR count). The van der Waals surface area contributed by atoms with Crippen LogP contribution in [0.5, 0.6) is 0 Å². The second kappa shape index (κ2) is 8.03. The van der Waals surface area contributed by atoms with Crippen LogP contribution in [0.3, 0.4) is 0 Å². The van der Waals surface area contributed by atoms with Gasteiger partial charge in [0.2, 0.25) is 0 Å². The summed E-state index contributed by atoms with van der Waals surface area (Å²) < 4.78 is 11.6. The Balaban J connectivity index is 3.80. The molecule has 0 amide bonds. The van der Waals surface area contributed by atoms with Crippen LogP contribution < -0.4 is 11.1 Å². The van der Waals surface area contributed by atoms with Gasteiger partial charge >= 0.3 is 0 Å². The predicted octanol–water partition coefficient (Wildman–Crippen LogP) is 1.54. The summed E-state index contributed by atoms with van der Waals surface area (Å²) in [6.07, 6.45) is 1.89. The molecule has 0 spiro atoms. The van der Waals surface area contributed by atoms with Crippen molar-refractivity contribution in [3.05, 3.63) is 0 Å². The quantitative estimate of drug-likeness (QED) is 0.614. The minimum absolute atomic E-state index is 0.0764. The molecule has 0 fully saturated rings. The largest absolute Gasteiger partial charge is 0.375 e. The minimum Gasteiger partial charge on any atom is -0.375 e. The molecule has 17 heavy (non-hydrogen) atoms. The Labute approximate surface area is 106 Å². The van der Waals surface area contributed by atoms with Crippen LogP contribution in [0.25, 0.3) is 0 Å². The highest BCUT2D eigenvalue weighted by molar-refractivity contribution is 4.72. The molecule has 0 saturated heterocycles. The van der Waals surface area contributed by atoms with Gasteiger partial charge in [-0.2, -0.15) is 0 Å². The zero-order valence-corrected chi connectivity index (χ0v) is 12.1. The first kappa shape index (κ1) is 16.8. The van der Waals surface area contributed by atoms with Gasteiger partial charge < -0.3 is 20.5 Å². The molecule has 3 N–H and O–H groups in total. The van der Waals surface area contributed by atoms with E-state index < -0.39 is 0 Å². The van der Waals surface area contributed by atoms with Gasteiger partial charge in [0.05, 0.1) is 24.4 Å². The van der Waals surface area contributed by atoms with Gasteiger partial charge in [-0.3, -0.25) is 0 Å². The monoisotopic (exact) mass is 246 g/mol. The molecule has 0 atom stereocenters. The Morgan fingerprint density at radius 1 is 0.941 bits per heavy atom. The van der Waals surface area contributed by atoms with Gasteiger partial charge in [0.1, 0.15) is 0 Å². The summed E-state index contributed by atoms with van der Waals surface area (Å²) in [7, 11) is 1.96. The van der Waals surface area contributed by atoms with E-state index in [9.17, 15) is 0 Å². The molecular formula is C13H30N2O2. The molecule has 104 valence electrons. The number of hydrogen-bond acceptors (Lipinski definition) is 4. The molecule has 0 saturated carbocycles. The summed E-state index contributed by atoms with van der Waals surface area (Å²) in [4.78, 5) is 0. The van der Waals surface area contributed by atoms with Crippen molar-refractivity contribution in [3.63, 3.8) is 0 Å². The third kappa shape index (κ3) is 9.53. The Hall–Kier alpha value is -0.160. The maximum Gasteiger partial charge on any atom is 0.0649 e. The second-order valence-electron chi connectivity index (χ2n) is 5.61. The van der Waals surface area contributed by atoms with Crippen molar-refractivity contribution in [2.45, 2.75) is 51.7 Å². The van der Waals surface area contributed by atoms with Crippen LogP contribution in [-0.2, 0) is 9.47 Å². The van der Waals surface area contributed by atoms with Gasteiger partial charge in [-0.15, -0.1) is 0 Å². The average molecular weight is 246 g/mol. The van der Waals surface area contributed by atoms with Crippen molar-refractivity contribution in [3.8, 4) is 0 Å². The smallest absolute Gasteiger partial charge is 0.0649 e. The van der Waals surface area contributed by atoms with Crippen LogP contribution in [0.4, 0.5) is 0 Å². The van der Waals surface area contributed by atoms with Gasteiger partial charge in [0.15, 0.2) is 0 Å². The van der Waals surface area contributed by atoms with E-state index in [1.54, 1.807) is 0 Å². The standard InChI is InChI=1S/C13H30N2O2/c1-12(2,6-9-15-5)16-10-7-13(3,4)17-11-8-14/h15H,6-11,14H2,1-5H3. The van der Waals surface area contributed by atoms with Crippen LogP contribution in [0, 0.1) is 0 Å². The van der Waals surface area contributed by atoms with Crippen molar-refractivity contribution in [1.29, 1.82) is 0 Å². The first-order valence-electron chi connectivity index (χ1n) is 6.45. The molecule has 0 unspecified atom stereocenters. The summed E-state index contributed by atoms with van der Waals surface area (Å²) in [5.41, 5.74) is 5.19. The van der Waals surface area contributed by atoms with Crippen LogP contribution in [0.15, 0.2) is 0 Å². The number of hydrogen-bond donors (Lipinski definition) is 2. The van der Waals surface area contributed by atoms with E-state index in [0.717, 1.165) is 19.4 Å². The zero-order valence-electron chi connectivity index (χ0n) is 12.1. The average Bonchev–Trinajstić information content (AvgIpc) is 2.23. The first-order valence-corrected chi connectivity index (χ1v) is 6.45. The lowest BCUT2D eigenvalue weighted by Crippen LogP contribution is -2.33. The number of nitrogens with two attached hydrogens (primary N) is 1. The Morgan fingerprint density at radius 2 is 1.47 bits per heavy atom. The van der Waals surface area contributed by atoms with E-state index >= 15 is 0 Å². The normalized spacial score (nSPS) is 13.1. The van der Waals surface area contributed by atoms with Gasteiger partial charge in [0.25, 0.3) is 0 Å². The van der Waals surface area contributed by atoms with Crippen molar-refractivity contribution in [1.82, 2.24) is 5.32 Å². The third-order valence-electron chi connectivity index (χ3n) is 2.78. The van der Waals surface area contributed by atoms with Crippen LogP contribution >= 0.6 is 0 Å². The molecule has 0 aliphatic rings. The fourth-order valence-corrected chi connectivity index (χ4v) is 1.48. The molecule has 0 aliphatic carbocycles. The van der Waals surface area contributed by atoms with Crippen molar-refractivity contribution >= 4 is 0 Å². The van der Waals surface area contributed by atoms with Crippen LogP contribution in [0.1, 0.15) is 40.5 Å². The number of ether oxygens (including phenoxy) is 2. The third-order valence-corrected chi connectivity index (χ3v) is 2.78. The molecule has 4 nitrogen and oxygen atoms in total. The maximum absolute atomic E-state index is 5.90. The predicted molar refractivity (Wildman–Crippen MR) is 72.3 cm³/mol. The lowest BCUT2D eigenvalue weighted by atomic mass is 10.0. The Kier molecular flexibility index (Phi) is 7.96. The molecule has 0 aromatic rings. The number of rotatable bonds is 10. The van der Waals surface area contributed by atoms with Crippen molar-refractivity contribution in [2.24, 2.45) is 5.73 Å². The summed E-state index contributed by atoms with van der Waals surface area (Å²) >= 11 is 0. The Morgan fingerprint density at radius 3 is 2.00 bits per heavy atom. The van der Waals surface area contributed by atoms with E-state index in [0.29, 0.717) is 19.8 Å². The minimum atomic E-state index is -0.154. The SMILES string of the molecule is CNCCC(C)(C)OCCC(C)(C)OCCN. The highest BCUT2D eigenvalue weighted by atomic mass is 16.5. The van der Waals surface area contributed by atoms with E-state index in [4.69, 9.17) is 15.2 Å². The lowest BCUT2D eigenvalue weighted by Gasteiger charge is -2.29. The molecule has 0 bridgehead atoms.